The summed E-state index contributed by atoms with van der Waals surface area (Å²) in [6.07, 6.45) is 1.91. The lowest BCUT2D eigenvalue weighted by atomic mass is 10.2. The van der Waals surface area contributed by atoms with Gasteiger partial charge >= 0.3 is 5.97 Å². The molecule has 0 spiro atoms. The van der Waals surface area contributed by atoms with Gasteiger partial charge in [0, 0.05) is 6.54 Å². The Hall–Kier alpha value is -1.07. The van der Waals surface area contributed by atoms with Crippen LogP contribution in [0, 0.1) is 0 Å². The Morgan fingerprint density at radius 3 is 2.60 bits per heavy atom. The van der Waals surface area contributed by atoms with Crippen LogP contribution in [0.5, 0.6) is 0 Å². The van der Waals surface area contributed by atoms with Crippen LogP contribution in [0.4, 0.5) is 0 Å². The number of aliphatic hydroxyl groups excluding tert-OH is 1. The van der Waals surface area contributed by atoms with Crippen LogP contribution in [0.3, 0.4) is 0 Å². The number of esters is 1. The molecule has 0 aliphatic rings. The van der Waals surface area contributed by atoms with Gasteiger partial charge in [-0.25, -0.2) is 4.79 Å². The van der Waals surface area contributed by atoms with Crippen LogP contribution in [0.15, 0.2) is 11.8 Å². The topological polar surface area (TPSA) is 59.0 Å². The van der Waals surface area contributed by atoms with Gasteiger partial charge in [0.05, 0.1) is 25.6 Å². The smallest absolute Gasteiger partial charge is 0.336 e. The number of rotatable bonds is 7. The maximum absolute atomic E-state index is 11.3. The molecule has 0 aliphatic carbocycles. The van der Waals surface area contributed by atoms with Crippen molar-refractivity contribution in [1.82, 2.24) is 4.90 Å². The van der Waals surface area contributed by atoms with Crippen molar-refractivity contribution in [1.29, 1.82) is 0 Å². The molecule has 0 fully saturated rings. The average molecular weight is 217 g/mol. The van der Waals surface area contributed by atoms with E-state index in [2.05, 4.69) is 4.74 Å². The van der Waals surface area contributed by atoms with Crippen molar-refractivity contribution < 1.29 is 19.4 Å². The summed E-state index contributed by atoms with van der Waals surface area (Å²) in [4.78, 5) is 13.2. The van der Waals surface area contributed by atoms with E-state index in [1.165, 1.54) is 13.4 Å². The van der Waals surface area contributed by atoms with Gasteiger partial charge in [0.1, 0.15) is 6.61 Å². The van der Waals surface area contributed by atoms with Crippen molar-refractivity contribution >= 4 is 5.97 Å². The molecule has 0 rings (SSSR count). The number of ether oxygens (including phenoxy) is 2. The number of carbonyl (C=O) groups excluding carboxylic acids is 1. The average Bonchev–Trinajstić information content (AvgIpc) is 2.21. The fraction of sp³-hybridized carbons (Fsp3) is 0.700. The van der Waals surface area contributed by atoms with Gasteiger partial charge in [-0.15, -0.1) is 0 Å². The quantitative estimate of drug-likeness (QED) is 0.281. The minimum absolute atomic E-state index is 0.0708. The molecule has 88 valence electrons. The molecule has 5 nitrogen and oxygen atoms in total. The van der Waals surface area contributed by atoms with Gasteiger partial charge in [-0.2, -0.15) is 0 Å². The van der Waals surface area contributed by atoms with Crippen LogP contribution in [-0.2, 0) is 14.3 Å². The van der Waals surface area contributed by atoms with Crippen molar-refractivity contribution in [3.63, 3.8) is 0 Å². The lowest BCUT2D eigenvalue weighted by Crippen LogP contribution is -2.17. The van der Waals surface area contributed by atoms with Crippen LogP contribution in [-0.4, -0.2) is 56.9 Å². The maximum atomic E-state index is 11.3. The molecule has 0 aromatic carbocycles. The van der Waals surface area contributed by atoms with Gasteiger partial charge in [0.15, 0.2) is 0 Å². The van der Waals surface area contributed by atoms with E-state index in [1.807, 2.05) is 19.0 Å². The summed E-state index contributed by atoms with van der Waals surface area (Å²) in [7, 11) is 5.17. The minimum Gasteiger partial charge on any atom is -0.498 e. The Balaban J connectivity index is 4.17. The molecule has 0 unspecified atom stereocenters. The largest absolute Gasteiger partial charge is 0.498 e. The first kappa shape index (κ1) is 13.9. The fourth-order valence-corrected chi connectivity index (χ4v) is 0.896. The summed E-state index contributed by atoms with van der Waals surface area (Å²) in [5, 5.41) is 8.51. The zero-order valence-corrected chi connectivity index (χ0v) is 9.52. The van der Waals surface area contributed by atoms with Crippen LogP contribution in [0.1, 0.15) is 6.42 Å². The highest BCUT2D eigenvalue weighted by molar-refractivity contribution is 5.87. The molecule has 1 N–H and O–H groups in total. The number of methoxy groups -OCH3 is 1. The first-order valence-electron chi connectivity index (χ1n) is 4.76. The van der Waals surface area contributed by atoms with Crippen LogP contribution in [0.25, 0.3) is 0 Å². The second-order valence-corrected chi connectivity index (χ2v) is 3.28. The summed E-state index contributed by atoms with van der Waals surface area (Å²) in [5.41, 5.74) is 0.472. The maximum Gasteiger partial charge on any atom is 0.336 e. The van der Waals surface area contributed by atoms with E-state index >= 15 is 0 Å². The molecular formula is C10H19NO4. The lowest BCUT2D eigenvalue weighted by molar-refractivity contribution is -0.136. The summed E-state index contributed by atoms with van der Waals surface area (Å²) in [6.45, 7) is 0.852. The molecular weight excluding hydrogens is 198 g/mol. The number of nitrogens with zero attached hydrogens (tertiary/aromatic N) is 1. The van der Waals surface area contributed by atoms with E-state index in [9.17, 15) is 4.79 Å². The van der Waals surface area contributed by atoms with Crippen molar-refractivity contribution in [2.45, 2.75) is 6.42 Å². The van der Waals surface area contributed by atoms with Gasteiger partial charge in [-0.3, -0.25) is 0 Å². The van der Waals surface area contributed by atoms with E-state index in [0.29, 0.717) is 12.0 Å². The van der Waals surface area contributed by atoms with Gasteiger partial charge in [-0.05, 0) is 20.5 Å². The van der Waals surface area contributed by atoms with Gasteiger partial charge in [0.25, 0.3) is 0 Å². The third-order valence-electron chi connectivity index (χ3n) is 1.71. The summed E-state index contributed by atoms with van der Waals surface area (Å²) >= 11 is 0. The molecule has 0 aromatic rings. The molecule has 0 aromatic heterocycles. The third kappa shape index (κ3) is 6.93. The molecule has 5 heteroatoms. The van der Waals surface area contributed by atoms with Crippen LogP contribution >= 0.6 is 0 Å². The van der Waals surface area contributed by atoms with E-state index < -0.39 is 5.97 Å². The van der Waals surface area contributed by atoms with E-state index in [0.717, 1.165) is 6.54 Å². The van der Waals surface area contributed by atoms with E-state index in [-0.39, 0.29) is 13.2 Å². The number of hydrogen-bond donors (Lipinski definition) is 1. The monoisotopic (exact) mass is 217 g/mol. The zero-order chi connectivity index (χ0) is 11.7. The molecule has 0 radical (unpaired) electrons. The van der Waals surface area contributed by atoms with Gasteiger partial charge < -0.3 is 19.5 Å². The predicted molar refractivity (Wildman–Crippen MR) is 56.3 cm³/mol. The van der Waals surface area contributed by atoms with Crippen molar-refractivity contribution in [2.75, 3.05) is 41.0 Å². The Labute approximate surface area is 90.3 Å². The molecule has 0 atom stereocenters. The minimum atomic E-state index is -0.394. The number of aliphatic hydroxyl groups is 1. The molecule has 0 aliphatic heterocycles. The summed E-state index contributed by atoms with van der Waals surface area (Å²) in [6, 6.07) is 0. The fourth-order valence-electron chi connectivity index (χ4n) is 0.896. The van der Waals surface area contributed by atoms with Gasteiger partial charge in [-0.1, -0.05) is 0 Å². The molecule has 0 heterocycles. The van der Waals surface area contributed by atoms with Crippen molar-refractivity contribution in [3.8, 4) is 0 Å². The standard InChI is InChI=1S/C10H19NO4/c1-11(2)5-4-9(10(13)14-3)8-15-7-6-12/h8,12H,4-7H2,1-3H3. The highest BCUT2D eigenvalue weighted by Gasteiger charge is 2.10. The van der Waals surface area contributed by atoms with Crippen molar-refractivity contribution in [2.24, 2.45) is 0 Å². The molecule has 15 heavy (non-hydrogen) atoms. The highest BCUT2D eigenvalue weighted by Crippen LogP contribution is 2.04. The number of hydrogen-bond acceptors (Lipinski definition) is 5. The second-order valence-electron chi connectivity index (χ2n) is 3.28. The molecule has 0 bridgehead atoms. The highest BCUT2D eigenvalue weighted by atomic mass is 16.5. The van der Waals surface area contributed by atoms with E-state index in [4.69, 9.17) is 9.84 Å². The van der Waals surface area contributed by atoms with Gasteiger partial charge in [0.2, 0.25) is 0 Å². The number of carbonyl (C=O) groups is 1. The molecule has 0 saturated heterocycles. The Morgan fingerprint density at radius 1 is 1.47 bits per heavy atom. The van der Waals surface area contributed by atoms with Crippen LogP contribution in [0.2, 0.25) is 0 Å². The second kappa shape index (κ2) is 8.26. The zero-order valence-electron chi connectivity index (χ0n) is 9.52. The Kier molecular flexibility index (Phi) is 7.67. The van der Waals surface area contributed by atoms with Crippen molar-refractivity contribution in [3.05, 3.63) is 11.8 Å². The lowest BCUT2D eigenvalue weighted by Gasteiger charge is -2.10. The Morgan fingerprint density at radius 2 is 2.13 bits per heavy atom. The first-order chi connectivity index (χ1) is 7.11. The summed E-state index contributed by atoms with van der Waals surface area (Å²) in [5.74, 6) is -0.394. The third-order valence-corrected chi connectivity index (χ3v) is 1.71. The molecule has 0 saturated carbocycles. The summed E-state index contributed by atoms with van der Waals surface area (Å²) < 4.78 is 9.58. The Bertz CT molecular complexity index is 213. The SMILES string of the molecule is COC(=O)C(=COCCO)CCN(C)C. The van der Waals surface area contributed by atoms with Crippen LogP contribution < -0.4 is 0 Å². The van der Waals surface area contributed by atoms with E-state index in [1.54, 1.807) is 0 Å². The predicted octanol–water partition coefficient (Wildman–Crippen LogP) is 0.00390. The molecule has 0 amide bonds. The first-order valence-corrected chi connectivity index (χ1v) is 4.76. The normalized spacial score (nSPS) is 11.7.